The molecule has 10 heteroatoms. The van der Waals surface area contributed by atoms with Gasteiger partial charge >= 0.3 is 0 Å². The van der Waals surface area contributed by atoms with Crippen LogP contribution < -0.4 is 15.0 Å². The van der Waals surface area contributed by atoms with Crippen LogP contribution in [0.2, 0.25) is 0 Å². The molecule has 4 aromatic rings. The van der Waals surface area contributed by atoms with Gasteiger partial charge in [-0.2, -0.15) is 0 Å². The number of nitrogens with zero attached hydrogens (tertiary/aromatic N) is 2. The molecular formula is C35H36F3N3O4. The van der Waals surface area contributed by atoms with Gasteiger partial charge in [0.1, 0.15) is 35.4 Å². The van der Waals surface area contributed by atoms with Crippen LogP contribution in [0.5, 0.6) is 11.5 Å². The number of hydrogen-bond donors (Lipinski definition) is 2. The number of hydrogen-bond acceptors (Lipinski definition) is 6. The van der Waals surface area contributed by atoms with Crippen LogP contribution in [0, 0.1) is 36.7 Å². The highest BCUT2D eigenvalue weighted by Gasteiger charge is 2.39. The lowest BCUT2D eigenvalue weighted by atomic mass is 9.83. The minimum atomic E-state index is -1.03. The number of aromatic hydroxyl groups is 1. The minimum absolute atomic E-state index is 0.0113. The number of aryl methyl sites for hydroxylation is 2. The molecule has 1 atom stereocenters. The van der Waals surface area contributed by atoms with Crippen molar-refractivity contribution in [2.75, 3.05) is 10.2 Å². The molecule has 1 aliphatic heterocycles. The number of benzene rings is 3. The second-order valence-electron chi connectivity index (χ2n) is 12.1. The largest absolute Gasteiger partial charge is 0.506 e. The molecular weight excluding hydrogens is 583 g/mol. The fourth-order valence-corrected chi connectivity index (χ4v) is 5.47. The Balaban J connectivity index is 1.66. The second-order valence-corrected chi connectivity index (χ2v) is 12.1. The van der Waals surface area contributed by atoms with Crippen LogP contribution in [0.15, 0.2) is 70.3 Å². The Bertz CT molecular complexity index is 1800. The van der Waals surface area contributed by atoms with Gasteiger partial charge in [0, 0.05) is 29.8 Å². The summed E-state index contributed by atoms with van der Waals surface area (Å²) in [5.74, 6) is -2.63. The number of phenols is 1. The molecule has 0 saturated heterocycles. The Morgan fingerprint density at radius 3 is 2.47 bits per heavy atom. The number of halogens is 3. The number of fused-ring (bicyclic) bond motifs is 1. The SMILES string of the molecule is CCC(C)(C)CC1=C(C)C(c2ccc(OCc3cccc(F)c3F)cc2F)N(C(=O)c2nc(C)oc2C)c2cccc(O)c2N1. The molecule has 0 radical (unpaired) electrons. The first kappa shape index (κ1) is 31.7. The van der Waals surface area contributed by atoms with E-state index < -0.39 is 29.4 Å². The zero-order chi connectivity index (χ0) is 32.6. The molecule has 2 N–H and O–H groups in total. The third-order valence-electron chi connectivity index (χ3n) is 8.33. The zero-order valence-corrected chi connectivity index (χ0v) is 26.1. The summed E-state index contributed by atoms with van der Waals surface area (Å²) in [5.41, 5.74) is 2.08. The Morgan fingerprint density at radius 2 is 1.80 bits per heavy atom. The zero-order valence-electron chi connectivity index (χ0n) is 26.1. The number of ether oxygens (including phenoxy) is 1. The molecule has 7 nitrogen and oxygen atoms in total. The highest BCUT2D eigenvalue weighted by Crippen LogP contribution is 2.48. The van der Waals surface area contributed by atoms with Crippen LogP contribution in [-0.2, 0) is 6.61 Å². The lowest BCUT2D eigenvalue weighted by Gasteiger charge is -2.33. The summed E-state index contributed by atoms with van der Waals surface area (Å²) >= 11 is 0. The van der Waals surface area contributed by atoms with Gasteiger partial charge in [0.2, 0.25) is 0 Å². The van der Waals surface area contributed by atoms with Crippen molar-refractivity contribution in [3.63, 3.8) is 0 Å². The van der Waals surface area contributed by atoms with Gasteiger partial charge in [-0.3, -0.25) is 9.69 Å². The number of aromatic nitrogens is 1. The van der Waals surface area contributed by atoms with E-state index in [0.717, 1.165) is 24.3 Å². The van der Waals surface area contributed by atoms with E-state index in [1.54, 1.807) is 26.0 Å². The van der Waals surface area contributed by atoms with Crippen LogP contribution in [0.3, 0.4) is 0 Å². The molecule has 3 aromatic carbocycles. The standard InChI is InChI=1S/C35H36F3N3O4/c1-7-35(5,6)17-27-19(2)33(24-15-14-23(16-26(24)37)44-18-22-10-8-11-25(36)30(22)38)41(28-12-9-13-29(42)32(28)40-27)34(43)31-20(3)45-21(4)39-31/h8-16,33,40,42H,7,17-18H2,1-6H3. The predicted molar refractivity (Wildman–Crippen MR) is 166 cm³/mol. The van der Waals surface area contributed by atoms with Gasteiger partial charge in [0.25, 0.3) is 5.91 Å². The van der Waals surface area contributed by atoms with Crippen LogP contribution in [0.4, 0.5) is 24.5 Å². The maximum absolute atomic E-state index is 16.2. The van der Waals surface area contributed by atoms with E-state index in [9.17, 15) is 18.7 Å². The predicted octanol–water partition coefficient (Wildman–Crippen LogP) is 8.91. The average molecular weight is 620 g/mol. The summed E-state index contributed by atoms with van der Waals surface area (Å²) in [6, 6.07) is 11.8. The first-order valence-corrected chi connectivity index (χ1v) is 14.7. The lowest BCUT2D eigenvalue weighted by molar-refractivity contribution is 0.0974. The molecule has 0 spiro atoms. The minimum Gasteiger partial charge on any atom is -0.506 e. The van der Waals surface area contributed by atoms with Crippen molar-refractivity contribution in [2.45, 2.75) is 67.0 Å². The lowest BCUT2D eigenvalue weighted by Crippen LogP contribution is -2.36. The molecule has 0 fully saturated rings. The highest BCUT2D eigenvalue weighted by atomic mass is 19.2. The van der Waals surface area contributed by atoms with Crippen molar-refractivity contribution in [2.24, 2.45) is 5.41 Å². The molecule has 1 aliphatic rings. The number of anilines is 2. The van der Waals surface area contributed by atoms with Gasteiger partial charge in [-0.1, -0.05) is 45.4 Å². The van der Waals surface area contributed by atoms with Crippen LogP contribution >= 0.6 is 0 Å². The van der Waals surface area contributed by atoms with Crippen molar-refractivity contribution < 1.29 is 32.2 Å². The first-order valence-electron chi connectivity index (χ1n) is 14.7. The normalized spacial score (nSPS) is 15.0. The quantitative estimate of drug-likeness (QED) is 0.192. The Morgan fingerprint density at radius 1 is 1.07 bits per heavy atom. The van der Waals surface area contributed by atoms with Crippen molar-refractivity contribution >= 4 is 17.3 Å². The molecule has 236 valence electrons. The molecule has 0 saturated carbocycles. The number of para-hydroxylation sites is 1. The van der Waals surface area contributed by atoms with Crippen molar-refractivity contribution in [1.82, 2.24) is 4.98 Å². The van der Waals surface area contributed by atoms with Crippen LogP contribution in [-0.4, -0.2) is 16.0 Å². The van der Waals surface area contributed by atoms with Gasteiger partial charge < -0.3 is 19.6 Å². The van der Waals surface area contributed by atoms with Gasteiger partial charge in [-0.15, -0.1) is 0 Å². The molecule has 1 aromatic heterocycles. The number of oxazole rings is 1. The number of carbonyl (C=O) groups excluding carboxylic acids is 1. The summed E-state index contributed by atoms with van der Waals surface area (Å²) in [6.07, 6.45) is 1.39. The maximum Gasteiger partial charge on any atom is 0.281 e. The molecule has 5 rings (SSSR count). The van der Waals surface area contributed by atoms with E-state index in [1.807, 2.05) is 6.92 Å². The van der Waals surface area contributed by atoms with Crippen molar-refractivity contribution in [1.29, 1.82) is 0 Å². The number of phenolic OH excluding ortho intramolecular Hbond substituents is 1. The van der Waals surface area contributed by atoms with E-state index in [-0.39, 0.29) is 40.3 Å². The van der Waals surface area contributed by atoms with Crippen molar-refractivity contribution in [3.05, 3.63) is 112 Å². The van der Waals surface area contributed by atoms with E-state index in [2.05, 4.69) is 31.1 Å². The maximum atomic E-state index is 16.2. The molecule has 0 bridgehead atoms. The van der Waals surface area contributed by atoms with Gasteiger partial charge in [-0.25, -0.2) is 18.2 Å². The average Bonchev–Trinajstić information content (AvgIpc) is 3.28. The summed E-state index contributed by atoms with van der Waals surface area (Å²) in [5, 5.41) is 14.4. The summed E-state index contributed by atoms with van der Waals surface area (Å²) in [6.45, 7) is 11.1. The number of amides is 1. The fraction of sp³-hybridized carbons (Fsp3) is 0.314. The second kappa shape index (κ2) is 12.3. The van der Waals surface area contributed by atoms with E-state index in [0.29, 0.717) is 35.0 Å². The Kier molecular flexibility index (Phi) is 8.69. The topological polar surface area (TPSA) is 87.8 Å². The number of carbonyl (C=O) groups is 1. The molecule has 1 amide bonds. The monoisotopic (exact) mass is 619 g/mol. The summed E-state index contributed by atoms with van der Waals surface area (Å²) < 4.78 is 55.3. The fourth-order valence-electron chi connectivity index (χ4n) is 5.47. The summed E-state index contributed by atoms with van der Waals surface area (Å²) in [7, 11) is 0. The van der Waals surface area contributed by atoms with Crippen LogP contribution in [0.25, 0.3) is 0 Å². The summed E-state index contributed by atoms with van der Waals surface area (Å²) in [4.78, 5) is 20.1. The molecule has 1 unspecified atom stereocenters. The van der Waals surface area contributed by atoms with Gasteiger partial charge in [0.15, 0.2) is 23.2 Å². The molecule has 0 aliphatic carbocycles. The number of rotatable bonds is 8. The van der Waals surface area contributed by atoms with Crippen molar-refractivity contribution in [3.8, 4) is 11.5 Å². The van der Waals surface area contributed by atoms with E-state index >= 15 is 4.39 Å². The number of allylic oxidation sites excluding steroid dienone is 1. The Labute approximate surface area is 260 Å². The Hall–Kier alpha value is -4.73. The number of nitrogens with one attached hydrogen (secondary N) is 1. The van der Waals surface area contributed by atoms with Gasteiger partial charge in [0.05, 0.1) is 11.7 Å². The third kappa shape index (κ3) is 6.27. The highest BCUT2D eigenvalue weighted by molar-refractivity contribution is 6.09. The van der Waals surface area contributed by atoms with E-state index in [1.165, 1.54) is 35.2 Å². The smallest absolute Gasteiger partial charge is 0.281 e. The first-order chi connectivity index (χ1) is 21.3. The van der Waals surface area contributed by atoms with Crippen LogP contribution in [0.1, 0.15) is 79.8 Å². The van der Waals surface area contributed by atoms with E-state index in [4.69, 9.17) is 9.15 Å². The molecule has 2 heterocycles. The third-order valence-corrected chi connectivity index (χ3v) is 8.33. The van der Waals surface area contributed by atoms with Gasteiger partial charge in [-0.05, 0) is 61.6 Å². The molecule has 45 heavy (non-hydrogen) atoms.